The van der Waals surface area contributed by atoms with Crippen molar-refractivity contribution in [2.24, 2.45) is 0 Å². The van der Waals surface area contributed by atoms with Gasteiger partial charge < -0.3 is 5.73 Å². The number of nitrogens with two attached hydrogens (primary N) is 1. The van der Waals surface area contributed by atoms with Gasteiger partial charge in [0.1, 0.15) is 11.5 Å². The van der Waals surface area contributed by atoms with Crippen LogP contribution in [0.15, 0.2) is 12.1 Å². The summed E-state index contributed by atoms with van der Waals surface area (Å²) in [4.78, 5) is 4.35. The van der Waals surface area contributed by atoms with Gasteiger partial charge in [-0.2, -0.15) is 0 Å². The first-order valence-corrected chi connectivity index (χ1v) is 4.32. The number of rotatable bonds is 0. The molecule has 2 heterocycles. The molecule has 2 rings (SSSR count). The van der Waals surface area contributed by atoms with Crippen LogP contribution in [0, 0.1) is 20.8 Å². The van der Waals surface area contributed by atoms with Crippen molar-refractivity contribution in [3.8, 4) is 0 Å². The van der Waals surface area contributed by atoms with E-state index in [2.05, 4.69) is 24.9 Å². The van der Waals surface area contributed by atoms with E-state index in [1.807, 2.05) is 17.4 Å². The van der Waals surface area contributed by atoms with Crippen molar-refractivity contribution in [3.05, 3.63) is 29.1 Å². The number of fused-ring (bicyclic) bond motifs is 1. The summed E-state index contributed by atoms with van der Waals surface area (Å²) in [6.45, 7) is 6.06. The van der Waals surface area contributed by atoms with Crippen LogP contribution < -0.4 is 5.73 Å². The highest BCUT2D eigenvalue weighted by Gasteiger charge is 2.07. The van der Waals surface area contributed by atoms with Gasteiger partial charge in [0.2, 0.25) is 0 Å². The average molecular weight is 175 g/mol. The zero-order valence-electron chi connectivity index (χ0n) is 8.13. The zero-order chi connectivity index (χ0) is 9.59. The minimum absolute atomic E-state index is 0.746. The molecule has 0 aliphatic heterocycles. The van der Waals surface area contributed by atoms with E-state index in [1.165, 1.54) is 5.56 Å². The van der Waals surface area contributed by atoms with Crippen molar-refractivity contribution in [2.45, 2.75) is 20.8 Å². The summed E-state index contributed by atoms with van der Waals surface area (Å²) in [6, 6.07) is 4.06. The molecule has 3 nitrogen and oxygen atoms in total. The van der Waals surface area contributed by atoms with Crippen LogP contribution in [-0.2, 0) is 0 Å². The van der Waals surface area contributed by atoms with Gasteiger partial charge in [-0.05, 0) is 32.4 Å². The first-order valence-electron chi connectivity index (χ1n) is 4.32. The summed E-state index contributed by atoms with van der Waals surface area (Å²) in [7, 11) is 0. The molecule has 2 aromatic heterocycles. The van der Waals surface area contributed by atoms with Gasteiger partial charge in [0.15, 0.2) is 0 Å². The van der Waals surface area contributed by atoms with E-state index >= 15 is 0 Å². The third-order valence-electron chi connectivity index (χ3n) is 2.51. The highest BCUT2D eigenvalue weighted by atomic mass is 15.1. The monoisotopic (exact) mass is 175 g/mol. The summed E-state index contributed by atoms with van der Waals surface area (Å²) < 4.78 is 1.99. The molecule has 2 aromatic rings. The Hall–Kier alpha value is -1.51. The first kappa shape index (κ1) is 8.10. The Labute approximate surface area is 77.2 Å². The third-order valence-corrected chi connectivity index (χ3v) is 2.51. The Morgan fingerprint density at radius 1 is 1.23 bits per heavy atom. The fourth-order valence-corrected chi connectivity index (χ4v) is 1.53. The summed E-state index contributed by atoms with van der Waals surface area (Å²) >= 11 is 0. The Morgan fingerprint density at radius 3 is 2.62 bits per heavy atom. The average Bonchev–Trinajstić information content (AvgIpc) is 2.37. The second-order valence-electron chi connectivity index (χ2n) is 3.38. The van der Waals surface area contributed by atoms with Crippen LogP contribution in [-0.4, -0.2) is 9.38 Å². The number of hydrogen-bond donors (Lipinski definition) is 1. The number of pyridine rings is 1. The Balaban J connectivity index is 2.97. The fourth-order valence-electron chi connectivity index (χ4n) is 1.53. The molecule has 0 bridgehead atoms. The van der Waals surface area contributed by atoms with E-state index in [-0.39, 0.29) is 0 Å². The van der Waals surface area contributed by atoms with Crippen molar-refractivity contribution < 1.29 is 0 Å². The quantitative estimate of drug-likeness (QED) is 0.664. The van der Waals surface area contributed by atoms with Crippen LogP contribution in [0.4, 0.5) is 5.82 Å². The molecule has 0 aromatic carbocycles. The Kier molecular flexibility index (Phi) is 1.55. The van der Waals surface area contributed by atoms with E-state index < -0.39 is 0 Å². The summed E-state index contributed by atoms with van der Waals surface area (Å²) in [5, 5.41) is 0. The minimum atomic E-state index is 0.746. The van der Waals surface area contributed by atoms with Crippen LogP contribution in [0.1, 0.15) is 17.0 Å². The second kappa shape index (κ2) is 2.49. The van der Waals surface area contributed by atoms with Crippen LogP contribution in [0.5, 0.6) is 0 Å². The maximum atomic E-state index is 5.91. The lowest BCUT2D eigenvalue weighted by molar-refractivity contribution is 1.07. The predicted octanol–water partition coefficient (Wildman–Crippen LogP) is 1.84. The summed E-state index contributed by atoms with van der Waals surface area (Å²) in [6.07, 6.45) is 0. The minimum Gasteiger partial charge on any atom is -0.383 e. The maximum Gasteiger partial charge on any atom is 0.138 e. The number of hydrogen-bond acceptors (Lipinski definition) is 2. The number of aromatic nitrogens is 2. The Morgan fingerprint density at radius 2 is 1.92 bits per heavy atom. The third kappa shape index (κ3) is 1.00. The molecule has 3 heteroatoms. The van der Waals surface area contributed by atoms with Gasteiger partial charge in [0.25, 0.3) is 0 Å². The van der Waals surface area contributed by atoms with Gasteiger partial charge in [0.05, 0.1) is 5.69 Å². The number of aryl methyl sites for hydroxylation is 3. The molecule has 0 fully saturated rings. The Bertz CT molecular complexity index is 468. The maximum absolute atomic E-state index is 5.91. The molecule has 0 saturated carbocycles. The highest BCUT2D eigenvalue weighted by Crippen LogP contribution is 2.18. The molecule has 0 spiro atoms. The van der Waals surface area contributed by atoms with Crippen molar-refractivity contribution in [1.29, 1.82) is 0 Å². The van der Waals surface area contributed by atoms with Crippen molar-refractivity contribution in [3.63, 3.8) is 0 Å². The zero-order valence-corrected chi connectivity index (χ0v) is 8.13. The predicted molar refractivity (Wildman–Crippen MR) is 53.8 cm³/mol. The van der Waals surface area contributed by atoms with Crippen LogP contribution in [0.25, 0.3) is 5.65 Å². The van der Waals surface area contributed by atoms with Crippen LogP contribution in [0.3, 0.4) is 0 Å². The standard InChI is InChI=1S/C10H13N3/c1-6-4-5-9-12-7(2)10(11)13(9)8(6)3/h4-5H,11H2,1-3H3. The lowest BCUT2D eigenvalue weighted by Crippen LogP contribution is -1.99. The summed E-state index contributed by atoms with van der Waals surface area (Å²) in [5.41, 5.74) is 10.1. The van der Waals surface area contributed by atoms with E-state index in [4.69, 9.17) is 5.73 Å². The van der Waals surface area contributed by atoms with Gasteiger partial charge in [0, 0.05) is 5.69 Å². The van der Waals surface area contributed by atoms with Crippen LogP contribution >= 0.6 is 0 Å². The molecule has 68 valence electrons. The van der Waals surface area contributed by atoms with Gasteiger partial charge in [-0.25, -0.2) is 4.98 Å². The molecule has 0 aliphatic rings. The molecule has 13 heavy (non-hydrogen) atoms. The number of imidazole rings is 1. The molecule has 0 unspecified atom stereocenters. The van der Waals surface area contributed by atoms with E-state index in [1.54, 1.807) is 0 Å². The molecule has 2 N–H and O–H groups in total. The molecule has 0 atom stereocenters. The molecule has 0 saturated heterocycles. The summed E-state index contributed by atoms with van der Waals surface area (Å²) in [5.74, 6) is 0.746. The SMILES string of the molecule is Cc1ccc2nc(C)c(N)n2c1C. The van der Waals surface area contributed by atoms with E-state index in [9.17, 15) is 0 Å². The van der Waals surface area contributed by atoms with Crippen molar-refractivity contribution in [1.82, 2.24) is 9.38 Å². The normalized spacial score (nSPS) is 11.0. The number of nitrogens with zero attached hydrogens (tertiary/aromatic N) is 2. The largest absolute Gasteiger partial charge is 0.383 e. The first-order chi connectivity index (χ1) is 6.11. The van der Waals surface area contributed by atoms with E-state index in [0.717, 1.165) is 22.9 Å². The van der Waals surface area contributed by atoms with E-state index in [0.29, 0.717) is 0 Å². The van der Waals surface area contributed by atoms with Crippen molar-refractivity contribution in [2.75, 3.05) is 5.73 Å². The smallest absolute Gasteiger partial charge is 0.138 e. The molecular formula is C10H13N3. The van der Waals surface area contributed by atoms with Crippen LogP contribution in [0.2, 0.25) is 0 Å². The topological polar surface area (TPSA) is 43.3 Å². The highest BCUT2D eigenvalue weighted by molar-refractivity contribution is 5.54. The lowest BCUT2D eigenvalue weighted by Gasteiger charge is -2.04. The lowest BCUT2D eigenvalue weighted by atomic mass is 10.2. The van der Waals surface area contributed by atoms with Gasteiger partial charge in [-0.3, -0.25) is 4.40 Å². The van der Waals surface area contributed by atoms with Gasteiger partial charge in [-0.1, -0.05) is 6.07 Å². The van der Waals surface area contributed by atoms with Gasteiger partial charge in [-0.15, -0.1) is 0 Å². The fraction of sp³-hybridized carbons (Fsp3) is 0.300. The number of nitrogen functional groups attached to an aromatic ring is 1. The molecule has 0 radical (unpaired) electrons. The number of anilines is 1. The second-order valence-corrected chi connectivity index (χ2v) is 3.38. The van der Waals surface area contributed by atoms with Gasteiger partial charge >= 0.3 is 0 Å². The molecule has 0 aliphatic carbocycles. The molecular weight excluding hydrogens is 162 g/mol. The van der Waals surface area contributed by atoms with Crippen molar-refractivity contribution >= 4 is 11.5 Å². The molecule has 0 amide bonds.